The van der Waals surface area contributed by atoms with Gasteiger partial charge in [-0.25, -0.2) is 9.98 Å². The molecule has 11 aromatic rings. The van der Waals surface area contributed by atoms with Gasteiger partial charge in [0.25, 0.3) is 0 Å². The van der Waals surface area contributed by atoms with E-state index in [0.29, 0.717) is 5.82 Å². The maximum Gasteiger partial charge on any atom is 0.156 e. The molecule has 0 saturated heterocycles. The van der Waals surface area contributed by atoms with Gasteiger partial charge in [0, 0.05) is 63.8 Å². The lowest BCUT2D eigenvalue weighted by Crippen LogP contribution is -2.19. The summed E-state index contributed by atoms with van der Waals surface area (Å²) in [6.45, 7) is 16.3. The minimum absolute atomic E-state index is 0.174. The zero-order chi connectivity index (χ0) is 58.2. The molecule has 414 valence electrons. The molecular formula is C79H68N6. The third kappa shape index (κ3) is 9.15. The Morgan fingerprint density at radius 1 is 0.435 bits per heavy atom. The van der Waals surface area contributed by atoms with Crippen molar-refractivity contribution in [2.75, 3.05) is 9.80 Å². The van der Waals surface area contributed by atoms with Crippen LogP contribution in [0.2, 0.25) is 0 Å². The summed E-state index contributed by atoms with van der Waals surface area (Å²) in [5, 5.41) is 4.75. The van der Waals surface area contributed by atoms with Gasteiger partial charge in [0.2, 0.25) is 0 Å². The van der Waals surface area contributed by atoms with E-state index in [2.05, 4.69) is 282 Å². The van der Waals surface area contributed by atoms with Crippen molar-refractivity contribution in [3.63, 3.8) is 0 Å². The predicted molar refractivity (Wildman–Crippen MR) is 359 cm³/mol. The highest BCUT2D eigenvalue weighted by atomic mass is 15.2. The predicted octanol–water partition coefficient (Wildman–Crippen LogP) is 20.3. The SMILES string of the molecule is CCC/C=N\C(=C/N)N(c1ccc2c(c1)C(C)(C)c1cc(/C=C/c3ccc4c(c3)C(C)(C)c3cc(/C=C/c5ccc6c(c5)C(C)(C)c5cc(N(c7ccc8ccccc8c7)c7cnccn7)ccc5-6)ccc3-4)ccc1-2)c1ccc2ccccc2c1. The molecule has 0 saturated carbocycles. The molecule has 0 spiro atoms. The Bertz CT molecular complexity index is 4610. The normalized spacial score (nSPS) is 14.9. The number of hydrogen-bond acceptors (Lipinski definition) is 6. The molecule has 0 aliphatic heterocycles. The van der Waals surface area contributed by atoms with Crippen molar-refractivity contribution in [1.29, 1.82) is 0 Å². The average Bonchev–Trinajstić information content (AvgIpc) is 1.99. The van der Waals surface area contributed by atoms with E-state index in [0.717, 1.165) is 41.4 Å². The molecule has 14 rings (SSSR count). The fourth-order valence-corrected chi connectivity index (χ4v) is 13.7. The summed E-state index contributed by atoms with van der Waals surface area (Å²) in [5.41, 5.74) is 30.3. The highest BCUT2D eigenvalue weighted by Crippen LogP contribution is 2.54. The molecule has 6 nitrogen and oxygen atoms in total. The average molecular weight is 1100 g/mol. The highest BCUT2D eigenvalue weighted by molar-refractivity contribution is 5.93. The Balaban J connectivity index is 0.695. The van der Waals surface area contributed by atoms with Crippen LogP contribution in [0.15, 0.2) is 230 Å². The molecule has 3 aliphatic carbocycles. The second kappa shape index (κ2) is 20.8. The number of aromatic nitrogens is 2. The fraction of sp³-hybridized carbons (Fsp3) is 0.152. The van der Waals surface area contributed by atoms with Crippen molar-refractivity contribution < 1.29 is 0 Å². The van der Waals surface area contributed by atoms with Crippen LogP contribution in [0.1, 0.15) is 117 Å². The number of benzene rings is 10. The van der Waals surface area contributed by atoms with E-state index in [1.54, 1.807) is 18.6 Å². The third-order valence-electron chi connectivity index (χ3n) is 18.3. The van der Waals surface area contributed by atoms with E-state index in [-0.39, 0.29) is 16.2 Å². The lowest BCUT2D eigenvalue weighted by Gasteiger charge is -2.28. The minimum atomic E-state index is -0.242. The van der Waals surface area contributed by atoms with Crippen molar-refractivity contribution in [2.45, 2.75) is 77.6 Å². The van der Waals surface area contributed by atoms with Gasteiger partial charge in [-0.2, -0.15) is 0 Å². The summed E-state index contributed by atoms with van der Waals surface area (Å²) < 4.78 is 0. The van der Waals surface area contributed by atoms with E-state index in [1.165, 1.54) is 111 Å². The molecule has 10 aromatic carbocycles. The minimum Gasteiger partial charge on any atom is -0.402 e. The Labute approximate surface area is 499 Å². The van der Waals surface area contributed by atoms with Gasteiger partial charge >= 0.3 is 0 Å². The van der Waals surface area contributed by atoms with Gasteiger partial charge in [-0.3, -0.25) is 14.8 Å². The van der Waals surface area contributed by atoms with Crippen molar-refractivity contribution in [3.05, 3.63) is 280 Å². The molecule has 85 heavy (non-hydrogen) atoms. The van der Waals surface area contributed by atoms with E-state index < -0.39 is 0 Å². The molecule has 1 heterocycles. The number of hydrogen-bond donors (Lipinski definition) is 1. The van der Waals surface area contributed by atoms with Crippen LogP contribution >= 0.6 is 0 Å². The standard InChI is InChI=1S/C79H68N6/c1-8-9-38-82-75(49-80)84(59-28-26-55-14-10-12-16-57(55)45-59)61-30-36-67-65-34-24-53(43-71(65)78(4,5)73(67)47-61)20-18-51-22-32-63-64-33-23-52(42-70(64)77(2,3)69(63)41-51)19-21-54-25-35-66-68-37-31-62(48-74(68)79(6,7)72(66)44-54)85(76-50-81-39-40-83-76)60-29-27-56-15-11-13-17-58(56)46-60/h10-50H,8-9,80H2,1-7H3/b20-18+,21-19+,75-49+,82-38-. The Morgan fingerprint density at radius 2 is 0.812 bits per heavy atom. The summed E-state index contributed by atoms with van der Waals surface area (Å²) >= 11 is 0. The monoisotopic (exact) mass is 1100 g/mol. The van der Waals surface area contributed by atoms with Crippen molar-refractivity contribution in [1.82, 2.24) is 9.97 Å². The topological polar surface area (TPSA) is 70.6 Å². The van der Waals surface area contributed by atoms with Crippen LogP contribution in [-0.2, 0) is 16.2 Å². The number of fused-ring (bicyclic) bond motifs is 11. The molecule has 0 bridgehead atoms. The van der Waals surface area contributed by atoms with Gasteiger partial charge in [0.1, 0.15) is 0 Å². The number of anilines is 5. The van der Waals surface area contributed by atoms with Crippen LogP contribution in [-0.4, -0.2) is 16.2 Å². The number of nitrogens with zero attached hydrogens (tertiary/aromatic N) is 5. The van der Waals surface area contributed by atoms with Crippen molar-refractivity contribution in [2.24, 2.45) is 10.7 Å². The second-order valence-corrected chi connectivity index (χ2v) is 24.6. The smallest absolute Gasteiger partial charge is 0.156 e. The van der Waals surface area contributed by atoms with Crippen LogP contribution in [0.3, 0.4) is 0 Å². The van der Waals surface area contributed by atoms with Gasteiger partial charge in [0.05, 0.1) is 6.20 Å². The first kappa shape index (κ1) is 53.1. The molecule has 0 radical (unpaired) electrons. The van der Waals surface area contributed by atoms with Crippen LogP contribution in [0.25, 0.3) is 79.2 Å². The summed E-state index contributed by atoms with van der Waals surface area (Å²) in [5.74, 6) is 1.47. The molecule has 0 fully saturated rings. The van der Waals surface area contributed by atoms with Crippen molar-refractivity contribution in [3.8, 4) is 33.4 Å². The lowest BCUT2D eigenvalue weighted by atomic mass is 9.81. The van der Waals surface area contributed by atoms with Gasteiger partial charge in [-0.1, -0.05) is 225 Å². The van der Waals surface area contributed by atoms with Crippen LogP contribution in [0.4, 0.5) is 28.6 Å². The van der Waals surface area contributed by atoms with Gasteiger partial charge in [-0.05, 0) is 166 Å². The second-order valence-electron chi connectivity index (χ2n) is 24.6. The number of unbranched alkanes of at least 4 members (excludes halogenated alkanes) is 1. The zero-order valence-electron chi connectivity index (χ0n) is 49.4. The maximum atomic E-state index is 6.39. The molecule has 0 amide bonds. The van der Waals surface area contributed by atoms with Crippen LogP contribution < -0.4 is 15.5 Å². The summed E-state index contributed by atoms with van der Waals surface area (Å²) in [6, 6.07) is 71.7. The third-order valence-corrected chi connectivity index (χ3v) is 18.3. The Morgan fingerprint density at radius 3 is 1.26 bits per heavy atom. The van der Waals surface area contributed by atoms with E-state index >= 15 is 0 Å². The molecule has 0 unspecified atom stereocenters. The lowest BCUT2D eigenvalue weighted by molar-refractivity contribution is 0.660. The van der Waals surface area contributed by atoms with E-state index in [9.17, 15) is 0 Å². The van der Waals surface area contributed by atoms with Gasteiger partial charge in [-0.15, -0.1) is 0 Å². The first-order valence-corrected chi connectivity index (χ1v) is 29.8. The zero-order valence-corrected chi connectivity index (χ0v) is 49.4. The number of rotatable bonds is 13. The molecule has 0 atom stereocenters. The van der Waals surface area contributed by atoms with E-state index in [4.69, 9.17) is 15.7 Å². The molecule has 2 N–H and O–H groups in total. The largest absolute Gasteiger partial charge is 0.402 e. The maximum absolute atomic E-state index is 6.39. The van der Waals surface area contributed by atoms with Crippen molar-refractivity contribution >= 4 is 80.6 Å². The molecule has 1 aromatic heterocycles. The Kier molecular flexibility index (Phi) is 13.0. The molecular weight excluding hydrogens is 1030 g/mol. The number of aliphatic imine (C=N–C) groups is 1. The van der Waals surface area contributed by atoms with Crippen LogP contribution in [0.5, 0.6) is 0 Å². The Hall–Kier alpha value is -9.91. The summed E-state index contributed by atoms with van der Waals surface area (Å²) in [7, 11) is 0. The van der Waals surface area contributed by atoms with Crippen LogP contribution in [0, 0.1) is 0 Å². The summed E-state index contributed by atoms with van der Waals surface area (Å²) in [4.78, 5) is 18.6. The quantitative estimate of drug-likeness (QED) is 0.0920. The van der Waals surface area contributed by atoms with Gasteiger partial charge < -0.3 is 5.73 Å². The fourth-order valence-electron chi connectivity index (χ4n) is 13.7. The number of nitrogens with two attached hydrogens (primary N) is 1. The molecule has 6 heteroatoms. The first-order valence-electron chi connectivity index (χ1n) is 29.8. The summed E-state index contributed by atoms with van der Waals surface area (Å²) in [6.07, 6.45) is 19.9. The highest BCUT2D eigenvalue weighted by Gasteiger charge is 2.39. The van der Waals surface area contributed by atoms with E-state index in [1.807, 2.05) is 12.4 Å². The first-order chi connectivity index (χ1) is 41.3. The van der Waals surface area contributed by atoms with Gasteiger partial charge in [0.15, 0.2) is 11.6 Å². The molecule has 3 aliphatic rings.